The molecule has 1 unspecified atom stereocenters. The van der Waals surface area contributed by atoms with E-state index in [0.29, 0.717) is 6.17 Å². The predicted molar refractivity (Wildman–Crippen MR) is 75.6 cm³/mol. The second-order valence-corrected chi connectivity index (χ2v) is 6.58. The number of hydrazine groups is 1. The van der Waals surface area contributed by atoms with Crippen LogP contribution in [0.15, 0.2) is 0 Å². The maximum atomic E-state index is 5.49. The summed E-state index contributed by atoms with van der Waals surface area (Å²) in [6.45, 7) is 7.80. The molecule has 3 aliphatic heterocycles. The summed E-state index contributed by atoms with van der Waals surface area (Å²) in [5.41, 5.74) is 0. The fourth-order valence-electron chi connectivity index (χ4n) is 3.29. The monoisotopic (exact) mass is 271 g/mol. The van der Waals surface area contributed by atoms with E-state index in [1.807, 2.05) is 0 Å². The van der Waals surface area contributed by atoms with Crippen LogP contribution in [0.1, 0.15) is 19.3 Å². The smallest absolute Gasteiger partial charge is 0.0761 e. The molecule has 0 aromatic rings. The van der Waals surface area contributed by atoms with E-state index in [0.717, 1.165) is 26.3 Å². The molecule has 0 aromatic carbocycles. The Morgan fingerprint density at radius 2 is 1.67 bits per heavy atom. The number of hydrogen-bond acceptors (Lipinski definition) is 5. The molecule has 3 heterocycles. The standard InChI is InChI=1S/C13H25N3OS/c1-2-4-16(15-7-11-18-12-8-15)13(3-1)14-5-9-17-10-6-14/h13H,1-12H2. The molecule has 3 fully saturated rings. The molecule has 5 heteroatoms. The zero-order valence-corrected chi connectivity index (χ0v) is 12.0. The minimum absolute atomic E-state index is 0.644. The van der Waals surface area contributed by atoms with Crippen molar-refractivity contribution in [3.05, 3.63) is 0 Å². The highest BCUT2D eigenvalue weighted by atomic mass is 32.2. The lowest BCUT2D eigenvalue weighted by Gasteiger charge is -2.49. The first-order valence-electron chi connectivity index (χ1n) is 7.36. The van der Waals surface area contributed by atoms with Gasteiger partial charge in [-0.05, 0) is 19.3 Å². The van der Waals surface area contributed by atoms with E-state index in [-0.39, 0.29) is 0 Å². The normalized spacial score (nSPS) is 33.7. The van der Waals surface area contributed by atoms with Crippen molar-refractivity contribution in [2.45, 2.75) is 25.4 Å². The van der Waals surface area contributed by atoms with Crippen molar-refractivity contribution < 1.29 is 4.74 Å². The lowest BCUT2D eigenvalue weighted by Crippen LogP contribution is -2.61. The first-order chi connectivity index (χ1) is 8.95. The average Bonchev–Trinajstić information content (AvgIpc) is 2.49. The van der Waals surface area contributed by atoms with Gasteiger partial charge in [0.2, 0.25) is 0 Å². The number of hydrogen-bond donors (Lipinski definition) is 0. The van der Waals surface area contributed by atoms with Gasteiger partial charge in [0, 0.05) is 44.2 Å². The maximum Gasteiger partial charge on any atom is 0.0761 e. The molecule has 0 bridgehead atoms. The molecule has 3 aliphatic rings. The molecule has 3 rings (SSSR count). The highest BCUT2D eigenvalue weighted by Gasteiger charge is 2.32. The Kier molecular flexibility index (Phi) is 4.81. The Morgan fingerprint density at radius 3 is 2.44 bits per heavy atom. The molecule has 104 valence electrons. The maximum absolute atomic E-state index is 5.49. The lowest BCUT2D eigenvalue weighted by atomic mass is 10.1. The molecule has 0 N–H and O–H groups in total. The minimum Gasteiger partial charge on any atom is -0.379 e. The number of morpholine rings is 1. The van der Waals surface area contributed by atoms with Crippen LogP contribution in [0.3, 0.4) is 0 Å². The van der Waals surface area contributed by atoms with Gasteiger partial charge in [-0.15, -0.1) is 0 Å². The number of thioether (sulfide) groups is 1. The summed E-state index contributed by atoms with van der Waals surface area (Å²) in [4.78, 5) is 2.64. The molecule has 0 spiro atoms. The number of nitrogens with zero attached hydrogens (tertiary/aromatic N) is 3. The van der Waals surface area contributed by atoms with E-state index in [1.165, 1.54) is 50.4 Å². The van der Waals surface area contributed by atoms with E-state index in [4.69, 9.17) is 4.74 Å². The molecule has 0 aromatic heterocycles. The Hall–Kier alpha value is 0.190. The van der Waals surface area contributed by atoms with E-state index < -0.39 is 0 Å². The van der Waals surface area contributed by atoms with Crippen LogP contribution in [-0.2, 0) is 4.74 Å². The van der Waals surface area contributed by atoms with Crippen molar-refractivity contribution in [1.82, 2.24) is 14.9 Å². The van der Waals surface area contributed by atoms with Crippen LogP contribution in [0.25, 0.3) is 0 Å². The summed E-state index contributed by atoms with van der Waals surface area (Å²) in [7, 11) is 0. The zero-order chi connectivity index (χ0) is 12.2. The Bertz CT molecular complexity index is 229. The zero-order valence-electron chi connectivity index (χ0n) is 11.2. The largest absolute Gasteiger partial charge is 0.379 e. The van der Waals surface area contributed by atoms with Gasteiger partial charge in [-0.1, -0.05) is 0 Å². The van der Waals surface area contributed by atoms with Crippen LogP contribution in [0.2, 0.25) is 0 Å². The van der Waals surface area contributed by atoms with Gasteiger partial charge in [-0.25, -0.2) is 10.0 Å². The van der Waals surface area contributed by atoms with E-state index >= 15 is 0 Å². The van der Waals surface area contributed by atoms with Crippen LogP contribution in [0.5, 0.6) is 0 Å². The molecular weight excluding hydrogens is 246 g/mol. The fraction of sp³-hybridized carbons (Fsp3) is 1.00. The Morgan fingerprint density at radius 1 is 0.889 bits per heavy atom. The van der Waals surface area contributed by atoms with Gasteiger partial charge in [0.05, 0.1) is 19.4 Å². The van der Waals surface area contributed by atoms with Crippen molar-refractivity contribution in [1.29, 1.82) is 0 Å². The molecule has 0 amide bonds. The van der Waals surface area contributed by atoms with Crippen molar-refractivity contribution in [3.8, 4) is 0 Å². The van der Waals surface area contributed by atoms with E-state index in [2.05, 4.69) is 26.7 Å². The minimum atomic E-state index is 0.644. The van der Waals surface area contributed by atoms with Crippen molar-refractivity contribution in [3.63, 3.8) is 0 Å². The second-order valence-electron chi connectivity index (χ2n) is 5.35. The highest BCUT2D eigenvalue weighted by Crippen LogP contribution is 2.24. The molecule has 1 atom stereocenters. The molecule has 0 saturated carbocycles. The van der Waals surface area contributed by atoms with Gasteiger partial charge in [0.1, 0.15) is 0 Å². The average molecular weight is 271 g/mol. The van der Waals surface area contributed by atoms with Gasteiger partial charge in [-0.3, -0.25) is 4.90 Å². The number of ether oxygens (including phenoxy) is 1. The van der Waals surface area contributed by atoms with Gasteiger partial charge < -0.3 is 4.74 Å². The van der Waals surface area contributed by atoms with Gasteiger partial charge in [0.25, 0.3) is 0 Å². The van der Waals surface area contributed by atoms with Crippen molar-refractivity contribution in [2.24, 2.45) is 0 Å². The molecular formula is C13H25N3OS. The number of rotatable bonds is 2. The van der Waals surface area contributed by atoms with Crippen LogP contribution < -0.4 is 0 Å². The molecule has 4 nitrogen and oxygen atoms in total. The van der Waals surface area contributed by atoms with Gasteiger partial charge in [0.15, 0.2) is 0 Å². The van der Waals surface area contributed by atoms with Crippen LogP contribution >= 0.6 is 11.8 Å². The molecule has 0 aliphatic carbocycles. The predicted octanol–water partition coefficient (Wildman–Crippen LogP) is 1.09. The fourth-order valence-corrected chi connectivity index (χ4v) is 4.17. The molecule has 3 saturated heterocycles. The first kappa shape index (κ1) is 13.2. The topological polar surface area (TPSA) is 19.0 Å². The third kappa shape index (κ3) is 3.02. The third-order valence-electron chi connectivity index (χ3n) is 4.26. The highest BCUT2D eigenvalue weighted by molar-refractivity contribution is 7.99. The third-order valence-corrected chi connectivity index (χ3v) is 5.20. The van der Waals surface area contributed by atoms with Crippen molar-refractivity contribution >= 4 is 11.8 Å². The van der Waals surface area contributed by atoms with Gasteiger partial charge >= 0.3 is 0 Å². The molecule has 18 heavy (non-hydrogen) atoms. The summed E-state index contributed by atoms with van der Waals surface area (Å²) in [6, 6.07) is 0. The van der Waals surface area contributed by atoms with E-state index in [1.54, 1.807) is 0 Å². The van der Waals surface area contributed by atoms with Gasteiger partial charge in [-0.2, -0.15) is 11.8 Å². The lowest BCUT2D eigenvalue weighted by molar-refractivity contribution is -0.142. The van der Waals surface area contributed by atoms with Crippen LogP contribution in [0, 0.1) is 0 Å². The van der Waals surface area contributed by atoms with Crippen LogP contribution in [0.4, 0.5) is 0 Å². The quantitative estimate of drug-likeness (QED) is 0.746. The number of piperidine rings is 1. The summed E-state index contributed by atoms with van der Waals surface area (Å²) in [5, 5.41) is 5.30. The Balaban J connectivity index is 1.64. The first-order valence-corrected chi connectivity index (χ1v) is 8.52. The van der Waals surface area contributed by atoms with Crippen molar-refractivity contribution in [2.75, 3.05) is 57.4 Å². The molecule has 0 radical (unpaired) electrons. The summed E-state index contributed by atoms with van der Waals surface area (Å²) in [5.74, 6) is 2.60. The summed E-state index contributed by atoms with van der Waals surface area (Å²) in [6.07, 6.45) is 4.74. The summed E-state index contributed by atoms with van der Waals surface area (Å²) < 4.78 is 5.49. The van der Waals surface area contributed by atoms with Crippen LogP contribution in [-0.4, -0.2) is 78.5 Å². The second kappa shape index (κ2) is 6.57. The SMILES string of the molecule is C1CCN(N2CCSCC2)C(N2CCOCC2)C1. The van der Waals surface area contributed by atoms with E-state index in [9.17, 15) is 0 Å². The summed E-state index contributed by atoms with van der Waals surface area (Å²) >= 11 is 2.10. The Labute approximate surface area is 115 Å².